The lowest BCUT2D eigenvalue weighted by molar-refractivity contribution is -0.119. The van der Waals surface area contributed by atoms with Crippen LogP contribution in [0.4, 0.5) is 14.5 Å². The Morgan fingerprint density at radius 1 is 1.04 bits per heavy atom. The predicted molar refractivity (Wildman–Crippen MR) is 82.4 cm³/mol. The Balaban J connectivity index is 1.86. The largest absolute Gasteiger partial charge is 0.452 e. The monoisotopic (exact) mass is 335 g/mol. The highest BCUT2D eigenvalue weighted by molar-refractivity contribution is 5.95. The van der Waals surface area contributed by atoms with Gasteiger partial charge in [-0.2, -0.15) is 0 Å². The third-order valence-corrected chi connectivity index (χ3v) is 3.04. The van der Waals surface area contributed by atoms with Crippen LogP contribution in [0.25, 0.3) is 0 Å². The highest BCUT2D eigenvalue weighted by Gasteiger charge is 2.11. The third-order valence-electron chi connectivity index (χ3n) is 3.04. The molecule has 126 valence electrons. The van der Waals surface area contributed by atoms with E-state index in [1.807, 2.05) is 0 Å². The Morgan fingerprint density at radius 3 is 2.38 bits per heavy atom. The van der Waals surface area contributed by atoms with Gasteiger partial charge in [-0.3, -0.25) is 4.79 Å². The van der Waals surface area contributed by atoms with Crippen molar-refractivity contribution in [2.24, 2.45) is 0 Å². The summed E-state index contributed by atoms with van der Waals surface area (Å²) in [5.74, 6) is -3.43. The maximum atomic E-state index is 13.0. The minimum atomic E-state index is -1.08. The van der Waals surface area contributed by atoms with Gasteiger partial charge in [0.05, 0.1) is 12.2 Å². The number of carbonyl (C=O) groups is 2. The summed E-state index contributed by atoms with van der Waals surface area (Å²) in [7, 11) is 1.56. The molecule has 0 bridgehead atoms. The van der Waals surface area contributed by atoms with E-state index in [2.05, 4.69) is 5.32 Å². The summed E-state index contributed by atoms with van der Waals surface area (Å²) in [6.07, 6.45) is 0. The summed E-state index contributed by atoms with van der Waals surface area (Å²) >= 11 is 0. The molecule has 7 heteroatoms. The number of anilines is 1. The number of methoxy groups -OCH3 is 1. The Labute approximate surface area is 137 Å². The lowest BCUT2D eigenvalue weighted by Crippen LogP contribution is -2.21. The van der Waals surface area contributed by atoms with E-state index in [0.29, 0.717) is 6.61 Å². The second-order valence-corrected chi connectivity index (χ2v) is 4.88. The van der Waals surface area contributed by atoms with Crippen LogP contribution in [0, 0.1) is 11.6 Å². The summed E-state index contributed by atoms with van der Waals surface area (Å²) in [6, 6.07) is 9.46. The molecule has 1 N–H and O–H groups in total. The average Bonchev–Trinajstić information content (AvgIpc) is 2.57. The Bertz CT molecular complexity index is 732. The summed E-state index contributed by atoms with van der Waals surface area (Å²) in [5, 5.41) is 2.30. The zero-order valence-electron chi connectivity index (χ0n) is 12.8. The molecule has 5 nitrogen and oxygen atoms in total. The van der Waals surface area contributed by atoms with Gasteiger partial charge in [-0.1, -0.05) is 12.1 Å². The minimum absolute atomic E-state index is 0.0684. The first kappa shape index (κ1) is 17.6. The Morgan fingerprint density at radius 2 is 1.75 bits per heavy atom. The van der Waals surface area contributed by atoms with Crippen LogP contribution in [-0.4, -0.2) is 25.6 Å². The lowest BCUT2D eigenvalue weighted by Gasteiger charge is -2.07. The maximum absolute atomic E-state index is 13.0. The van der Waals surface area contributed by atoms with Crippen LogP contribution < -0.4 is 5.32 Å². The highest BCUT2D eigenvalue weighted by Crippen LogP contribution is 2.13. The predicted octanol–water partition coefficient (Wildman–Crippen LogP) is 2.91. The molecule has 0 aromatic heterocycles. The zero-order chi connectivity index (χ0) is 17.5. The molecule has 2 rings (SSSR count). The normalized spacial score (nSPS) is 10.3. The molecule has 0 radical (unpaired) electrons. The van der Waals surface area contributed by atoms with Gasteiger partial charge in [0.25, 0.3) is 5.91 Å². The van der Waals surface area contributed by atoms with E-state index < -0.39 is 30.1 Å². The molecule has 1 amide bonds. The van der Waals surface area contributed by atoms with Crippen molar-refractivity contribution in [3.05, 3.63) is 65.2 Å². The fraction of sp³-hybridized carbons (Fsp3) is 0.176. The van der Waals surface area contributed by atoms with Gasteiger partial charge in [-0.05, 0) is 29.8 Å². The fourth-order valence-electron chi connectivity index (χ4n) is 1.89. The van der Waals surface area contributed by atoms with Crippen molar-refractivity contribution in [1.82, 2.24) is 0 Å². The molecule has 0 heterocycles. The van der Waals surface area contributed by atoms with Gasteiger partial charge >= 0.3 is 5.97 Å². The number of amides is 1. The number of halogens is 2. The van der Waals surface area contributed by atoms with Crippen LogP contribution in [0.1, 0.15) is 15.9 Å². The number of carbonyl (C=O) groups excluding carboxylic acids is 2. The maximum Gasteiger partial charge on any atom is 0.338 e. The number of benzene rings is 2. The molecule has 0 spiro atoms. The van der Waals surface area contributed by atoms with Gasteiger partial charge in [0.2, 0.25) is 0 Å². The van der Waals surface area contributed by atoms with E-state index >= 15 is 0 Å². The molecule has 24 heavy (non-hydrogen) atoms. The summed E-state index contributed by atoms with van der Waals surface area (Å²) in [5.41, 5.74) is 1.25. The van der Waals surface area contributed by atoms with Crippen LogP contribution in [-0.2, 0) is 20.9 Å². The quantitative estimate of drug-likeness (QED) is 0.825. The molecule has 0 unspecified atom stereocenters. The second kappa shape index (κ2) is 8.16. The number of esters is 1. The number of hydrogen-bond acceptors (Lipinski definition) is 4. The Hall–Kier alpha value is -2.80. The summed E-state index contributed by atoms with van der Waals surface area (Å²) in [6.45, 7) is -0.121. The number of hydrogen-bond donors (Lipinski definition) is 1. The van der Waals surface area contributed by atoms with E-state index in [4.69, 9.17) is 9.47 Å². The van der Waals surface area contributed by atoms with Crippen LogP contribution in [0.2, 0.25) is 0 Å². The molecule has 0 saturated carbocycles. The van der Waals surface area contributed by atoms with Crippen molar-refractivity contribution in [1.29, 1.82) is 0 Å². The topological polar surface area (TPSA) is 64.6 Å². The van der Waals surface area contributed by atoms with Crippen LogP contribution in [0.15, 0.2) is 42.5 Å². The first-order valence-electron chi connectivity index (χ1n) is 6.99. The molecule has 0 fully saturated rings. The van der Waals surface area contributed by atoms with Crippen molar-refractivity contribution < 1.29 is 27.8 Å². The van der Waals surface area contributed by atoms with Gasteiger partial charge < -0.3 is 14.8 Å². The van der Waals surface area contributed by atoms with Crippen molar-refractivity contribution in [3.8, 4) is 0 Å². The summed E-state index contributed by atoms with van der Waals surface area (Å²) < 4.78 is 35.6. The van der Waals surface area contributed by atoms with E-state index in [-0.39, 0.29) is 11.3 Å². The van der Waals surface area contributed by atoms with E-state index in [9.17, 15) is 18.4 Å². The lowest BCUT2D eigenvalue weighted by atomic mass is 10.1. The van der Waals surface area contributed by atoms with Crippen LogP contribution in [0.3, 0.4) is 0 Å². The van der Waals surface area contributed by atoms with Gasteiger partial charge in [0.15, 0.2) is 18.2 Å². The average molecular weight is 335 g/mol. The minimum Gasteiger partial charge on any atom is -0.452 e. The summed E-state index contributed by atoms with van der Waals surface area (Å²) in [4.78, 5) is 23.5. The second-order valence-electron chi connectivity index (χ2n) is 4.88. The molecule has 2 aromatic rings. The van der Waals surface area contributed by atoms with Crippen LogP contribution >= 0.6 is 0 Å². The first-order chi connectivity index (χ1) is 11.5. The Kier molecular flexibility index (Phi) is 5.97. The van der Waals surface area contributed by atoms with E-state index in [1.165, 1.54) is 6.07 Å². The van der Waals surface area contributed by atoms with Gasteiger partial charge in [0.1, 0.15) is 0 Å². The smallest absolute Gasteiger partial charge is 0.338 e. The van der Waals surface area contributed by atoms with E-state index in [0.717, 1.165) is 17.7 Å². The number of nitrogens with one attached hydrogen (secondary N) is 1. The molecule has 0 aliphatic carbocycles. The van der Waals surface area contributed by atoms with E-state index in [1.54, 1.807) is 31.4 Å². The number of ether oxygens (including phenoxy) is 2. The van der Waals surface area contributed by atoms with Gasteiger partial charge in [-0.15, -0.1) is 0 Å². The molecular weight excluding hydrogens is 320 g/mol. The zero-order valence-corrected chi connectivity index (χ0v) is 12.8. The van der Waals surface area contributed by atoms with Gasteiger partial charge in [0, 0.05) is 18.9 Å². The molecule has 2 aromatic carbocycles. The standard InChI is InChI=1S/C17H15F2NO4/c1-23-9-11-2-4-12(5-3-11)17(22)24-10-16(21)20-13-6-7-14(18)15(19)8-13/h2-8H,9-10H2,1H3,(H,20,21). The molecular formula is C17H15F2NO4. The van der Waals surface area contributed by atoms with Crippen LogP contribution in [0.5, 0.6) is 0 Å². The van der Waals surface area contributed by atoms with Gasteiger partial charge in [-0.25, -0.2) is 13.6 Å². The van der Waals surface area contributed by atoms with Crippen molar-refractivity contribution >= 4 is 17.6 Å². The molecule has 0 saturated heterocycles. The molecule has 0 aliphatic heterocycles. The van der Waals surface area contributed by atoms with Crippen molar-refractivity contribution in [3.63, 3.8) is 0 Å². The SMILES string of the molecule is COCc1ccc(C(=O)OCC(=O)Nc2ccc(F)c(F)c2)cc1. The highest BCUT2D eigenvalue weighted by atomic mass is 19.2. The third kappa shape index (κ3) is 4.85. The van der Waals surface area contributed by atoms with Crippen molar-refractivity contribution in [2.45, 2.75) is 6.61 Å². The number of rotatable bonds is 6. The molecule has 0 aliphatic rings. The molecule has 0 atom stereocenters. The first-order valence-corrected chi connectivity index (χ1v) is 6.99. The van der Waals surface area contributed by atoms with Crippen molar-refractivity contribution in [2.75, 3.05) is 19.0 Å². The fourth-order valence-corrected chi connectivity index (χ4v) is 1.89.